The first-order chi connectivity index (χ1) is 17.0. The third kappa shape index (κ3) is 7.78. The fourth-order valence-corrected chi connectivity index (χ4v) is 3.52. The van der Waals surface area contributed by atoms with Gasteiger partial charge in [-0.1, -0.05) is 42.5 Å². The summed E-state index contributed by atoms with van der Waals surface area (Å²) in [7, 11) is 3.23. The molecule has 0 saturated carbocycles. The largest absolute Gasteiger partial charge is 0.497 e. The molecule has 0 aromatic heterocycles. The van der Waals surface area contributed by atoms with Gasteiger partial charge in [-0.15, -0.1) is 0 Å². The molecule has 0 heterocycles. The van der Waals surface area contributed by atoms with Gasteiger partial charge in [-0.3, -0.25) is 9.59 Å². The summed E-state index contributed by atoms with van der Waals surface area (Å²) in [6, 6.07) is 23.6. The van der Waals surface area contributed by atoms with E-state index in [0.29, 0.717) is 18.7 Å². The SMILES string of the molecule is COc1ccc(CCNC(=O)C(C)N(Cc2ccc(OC)cc2)C(=O)COc2ccccc2)cc1. The summed E-state index contributed by atoms with van der Waals surface area (Å²) < 4.78 is 16.1. The lowest BCUT2D eigenvalue weighted by Gasteiger charge is -2.29. The maximum absolute atomic E-state index is 13.1. The van der Waals surface area contributed by atoms with E-state index in [1.807, 2.05) is 66.7 Å². The predicted molar refractivity (Wildman–Crippen MR) is 135 cm³/mol. The van der Waals surface area contributed by atoms with Gasteiger partial charge >= 0.3 is 0 Å². The minimum atomic E-state index is -0.681. The summed E-state index contributed by atoms with van der Waals surface area (Å²) in [5.41, 5.74) is 1.97. The molecule has 0 saturated heterocycles. The third-order valence-electron chi connectivity index (χ3n) is 5.66. The zero-order valence-electron chi connectivity index (χ0n) is 20.4. The van der Waals surface area contributed by atoms with Crippen molar-refractivity contribution in [1.29, 1.82) is 0 Å². The van der Waals surface area contributed by atoms with Gasteiger partial charge in [0.15, 0.2) is 6.61 Å². The van der Waals surface area contributed by atoms with Gasteiger partial charge in [0, 0.05) is 13.1 Å². The number of benzene rings is 3. The molecule has 3 aromatic carbocycles. The zero-order valence-corrected chi connectivity index (χ0v) is 20.4. The van der Waals surface area contributed by atoms with Crippen molar-refractivity contribution < 1.29 is 23.8 Å². The second-order valence-electron chi connectivity index (χ2n) is 8.04. The minimum absolute atomic E-state index is 0.163. The van der Waals surface area contributed by atoms with Crippen LogP contribution in [0.2, 0.25) is 0 Å². The number of hydrogen-bond acceptors (Lipinski definition) is 5. The Kier molecular flexibility index (Phi) is 9.54. The molecule has 0 spiro atoms. The number of hydrogen-bond donors (Lipinski definition) is 1. The van der Waals surface area contributed by atoms with Crippen molar-refractivity contribution in [1.82, 2.24) is 10.2 Å². The molecular formula is C28H32N2O5. The van der Waals surface area contributed by atoms with Gasteiger partial charge in [0.1, 0.15) is 23.3 Å². The Morgan fingerprint density at radius 3 is 1.94 bits per heavy atom. The van der Waals surface area contributed by atoms with Gasteiger partial charge in [-0.25, -0.2) is 0 Å². The molecule has 1 N–H and O–H groups in total. The van der Waals surface area contributed by atoms with Crippen LogP contribution in [0.1, 0.15) is 18.1 Å². The Labute approximate surface area is 206 Å². The molecule has 1 unspecified atom stereocenters. The Bertz CT molecular complexity index is 1070. The van der Waals surface area contributed by atoms with E-state index in [4.69, 9.17) is 14.2 Å². The lowest BCUT2D eigenvalue weighted by Crippen LogP contribution is -2.49. The minimum Gasteiger partial charge on any atom is -0.497 e. The lowest BCUT2D eigenvalue weighted by molar-refractivity contribution is -0.142. The van der Waals surface area contributed by atoms with Crippen LogP contribution in [0.15, 0.2) is 78.9 Å². The summed E-state index contributed by atoms with van der Waals surface area (Å²) >= 11 is 0. The molecule has 7 heteroatoms. The molecule has 1 atom stereocenters. The van der Waals surface area contributed by atoms with Crippen LogP contribution in [0.3, 0.4) is 0 Å². The highest BCUT2D eigenvalue weighted by Gasteiger charge is 2.26. The number of rotatable bonds is 12. The van der Waals surface area contributed by atoms with E-state index in [1.165, 1.54) is 4.90 Å². The molecule has 2 amide bonds. The van der Waals surface area contributed by atoms with Crippen LogP contribution < -0.4 is 19.5 Å². The fourth-order valence-electron chi connectivity index (χ4n) is 3.52. The first-order valence-corrected chi connectivity index (χ1v) is 11.5. The maximum Gasteiger partial charge on any atom is 0.261 e. The van der Waals surface area contributed by atoms with E-state index in [1.54, 1.807) is 33.3 Å². The summed E-state index contributed by atoms with van der Waals surface area (Å²) in [6.07, 6.45) is 0.673. The number of carbonyl (C=O) groups excluding carboxylic acids is 2. The number of nitrogens with zero attached hydrogens (tertiary/aromatic N) is 1. The topological polar surface area (TPSA) is 77.1 Å². The molecule has 0 aliphatic heterocycles. The highest BCUT2D eigenvalue weighted by atomic mass is 16.5. The van der Waals surface area contributed by atoms with E-state index >= 15 is 0 Å². The second kappa shape index (κ2) is 13.0. The molecule has 3 aromatic rings. The number of ether oxygens (including phenoxy) is 3. The van der Waals surface area contributed by atoms with Crippen molar-refractivity contribution in [3.8, 4) is 17.2 Å². The van der Waals surface area contributed by atoms with Gasteiger partial charge in [-0.2, -0.15) is 0 Å². The monoisotopic (exact) mass is 476 g/mol. The average Bonchev–Trinajstić information content (AvgIpc) is 2.91. The number of amides is 2. The molecule has 7 nitrogen and oxygen atoms in total. The van der Waals surface area contributed by atoms with Crippen LogP contribution in [-0.2, 0) is 22.6 Å². The van der Waals surface area contributed by atoms with Crippen molar-refractivity contribution >= 4 is 11.8 Å². The Hall–Kier alpha value is -4.00. The smallest absolute Gasteiger partial charge is 0.261 e. The first-order valence-electron chi connectivity index (χ1n) is 11.5. The van der Waals surface area contributed by atoms with Crippen molar-refractivity contribution in [2.24, 2.45) is 0 Å². The Balaban J connectivity index is 1.63. The van der Waals surface area contributed by atoms with Crippen LogP contribution in [0, 0.1) is 0 Å². The van der Waals surface area contributed by atoms with Crippen LogP contribution in [0.4, 0.5) is 0 Å². The van der Waals surface area contributed by atoms with Gasteiger partial charge in [0.05, 0.1) is 14.2 Å². The van der Waals surface area contributed by atoms with Crippen LogP contribution in [0.5, 0.6) is 17.2 Å². The second-order valence-corrected chi connectivity index (χ2v) is 8.04. The third-order valence-corrected chi connectivity index (χ3v) is 5.66. The van der Waals surface area contributed by atoms with E-state index in [9.17, 15) is 9.59 Å². The zero-order chi connectivity index (χ0) is 25.0. The molecule has 0 radical (unpaired) electrons. The maximum atomic E-state index is 13.1. The van der Waals surface area contributed by atoms with Crippen LogP contribution in [-0.4, -0.2) is 50.1 Å². The molecule has 35 heavy (non-hydrogen) atoms. The normalized spacial score (nSPS) is 11.3. The standard InChI is InChI=1S/C28H32N2O5/c1-21(28(32)29-18-17-22-9-13-24(33-2)14-10-22)30(19-23-11-15-25(34-3)16-12-23)27(31)20-35-26-7-5-4-6-8-26/h4-16,21H,17-20H2,1-3H3,(H,29,32). The number of methoxy groups -OCH3 is 2. The Morgan fingerprint density at radius 2 is 1.37 bits per heavy atom. The van der Waals surface area contributed by atoms with Crippen molar-refractivity contribution in [2.45, 2.75) is 25.9 Å². The molecule has 0 aliphatic rings. The molecule has 0 bridgehead atoms. The molecule has 184 valence electrons. The summed E-state index contributed by atoms with van der Waals surface area (Å²) in [6.45, 7) is 2.30. The molecule has 3 rings (SSSR count). The fraction of sp³-hybridized carbons (Fsp3) is 0.286. The predicted octanol–water partition coefficient (Wildman–Crippen LogP) is 3.86. The number of carbonyl (C=O) groups is 2. The van der Waals surface area contributed by atoms with Gasteiger partial charge in [0.25, 0.3) is 5.91 Å². The van der Waals surface area contributed by atoms with E-state index in [-0.39, 0.29) is 25.0 Å². The first kappa shape index (κ1) is 25.6. The van der Waals surface area contributed by atoms with E-state index < -0.39 is 6.04 Å². The quantitative estimate of drug-likeness (QED) is 0.430. The highest BCUT2D eigenvalue weighted by Crippen LogP contribution is 2.16. The molecule has 0 aliphatic carbocycles. The highest BCUT2D eigenvalue weighted by molar-refractivity contribution is 5.88. The summed E-state index contributed by atoms with van der Waals surface area (Å²) in [4.78, 5) is 27.6. The van der Waals surface area contributed by atoms with Gasteiger partial charge in [0.2, 0.25) is 5.91 Å². The number of para-hydroxylation sites is 1. The van der Waals surface area contributed by atoms with Gasteiger partial charge < -0.3 is 24.4 Å². The van der Waals surface area contributed by atoms with Gasteiger partial charge in [-0.05, 0) is 60.9 Å². The van der Waals surface area contributed by atoms with Crippen LogP contribution >= 0.6 is 0 Å². The molecule has 0 fully saturated rings. The van der Waals surface area contributed by atoms with Crippen molar-refractivity contribution in [3.63, 3.8) is 0 Å². The van der Waals surface area contributed by atoms with Crippen LogP contribution in [0.25, 0.3) is 0 Å². The summed E-state index contributed by atoms with van der Waals surface area (Å²) in [5, 5.41) is 2.95. The van der Waals surface area contributed by atoms with Crippen molar-refractivity contribution in [2.75, 3.05) is 27.4 Å². The lowest BCUT2D eigenvalue weighted by atomic mass is 10.1. The van der Waals surface area contributed by atoms with E-state index in [2.05, 4.69) is 5.32 Å². The molecular weight excluding hydrogens is 444 g/mol. The van der Waals surface area contributed by atoms with E-state index in [0.717, 1.165) is 22.6 Å². The average molecular weight is 477 g/mol. The Morgan fingerprint density at radius 1 is 0.800 bits per heavy atom. The summed E-state index contributed by atoms with van der Waals surface area (Å²) in [5.74, 6) is 1.62. The van der Waals surface area contributed by atoms with Crippen molar-refractivity contribution in [3.05, 3.63) is 90.0 Å². The number of nitrogens with one attached hydrogen (secondary N) is 1.